The second-order valence-electron chi connectivity index (χ2n) is 7.27. The summed E-state index contributed by atoms with van der Waals surface area (Å²) >= 11 is 0. The van der Waals surface area contributed by atoms with Gasteiger partial charge in [-0.1, -0.05) is 0 Å². The van der Waals surface area contributed by atoms with Crippen molar-refractivity contribution in [3.05, 3.63) is 36.3 Å². The molecule has 0 amide bonds. The van der Waals surface area contributed by atoms with Gasteiger partial charge in [-0.2, -0.15) is 5.10 Å². The lowest BCUT2D eigenvalue weighted by atomic mass is 10.1. The molecule has 0 aliphatic carbocycles. The molecular weight excluding hydrogens is 358 g/mol. The summed E-state index contributed by atoms with van der Waals surface area (Å²) in [5.74, 6) is 2.27. The Morgan fingerprint density at radius 3 is 2.82 bits per heavy atom. The Morgan fingerprint density at radius 1 is 1.18 bits per heavy atom. The highest BCUT2D eigenvalue weighted by atomic mass is 16.6. The molecule has 3 aromatic rings. The fourth-order valence-electron chi connectivity index (χ4n) is 3.57. The minimum atomic E-state index is 0.117. The zero-order valence-corrected chi connectivity index (χ0v) is 15.8. The van der Waals surface area contributed by atoms with E-state index in [1.54, 1.807) is 6.20 Å². The van der Waals surface area contributed by atoms with Crippen molar-refractivity contribution in [2.75, 3.05) is 31.7 Å². The molecule has 146 valence electrons. The van der Waals surface area contributed by atoms with Gasteiger partial charge in [0.25, 0.3) is 0 Å². The molecule has 2 saturated heterocycles. The average molecular weight is 381 g/mol. The quantitative estimate of drug-likeness (QED) is 0.727. The minimum Gasteiger partial charge on any atom is -0.485 e. The molecule has 0 bridgehead atoms. The third-order valence-corrected chi connectivity index (χ3v) is 5.25. The summed E-state index contributed by atoms with van der Waals surface area (Å²) in [4.78, 5) is 8.79. The van der Waals surface area contributed by atoms with Crippen molar-refractivity contribution in [3.63, 3.8) is 0 Å². The Labute approximate surface area is 162 Å². The number of ether oxygens (including phenoxy) is 3. The van der Waals surface area contributed by atoms with E-state index in [-0.39, 0.29) is 6.10 Å². The van der Waals surface area contributed by atoms with Crippen LogP contribution in [0.1, 0.15) is 24.4 Å². The Bertz CT molecular complexity index is 979. The van der Waals surface area contributed by atoms with Crippen molar-refractivity contribution in [2.24, 2.45) is 0 Å². The number of rotatable bonds is 5. The molecule has 5 rings (SSSR count). The van der Waals surface area contributed by atoms with Crippen LogP contribution in [0.2, 0.25) is 0 Å². The summed E-state index contributed by atoms with van der Waals surface area (Å²) in [5, 5.41) is 9.19. The highest BCUT2D eigenvalue weighted by Crippen LogP contribution is 2.31. The molecule has 28 heavy (non-hydrogen) atoms. The SMILES string of the molecule is Cc1cnc(Nc2nn(C3CCOCC3)c3ccncc23)cc1OC1COC1. The van der Waals surface area contributed by atoms with Gasteiger partial charge in [0.05, 0.1) is 30.2 Å². The number of aromatic nitrogens is 4. The highest BCUT2D eigenvalue weighted by molar-refractivity contribution is 5.91. The summed E-state index contributed by atoms with van der Waals surface area (Å²) in [6.07, 6.45) is 7.50. The van der Waals surface area contributed by atoms with Gasteiger partial charge >= 0.3 is 0 Å². The van der Waals surface area contributed by atoms with Crippen LogP contribution in [0.5, 0.6) is 5.75 Å². The van der Waals surface area contributed by atoms with Gasteiger partial charge in [0.15, 0.2) is 5.82 Å². The number of hydrogen-bond acceptors (Lipinski definition) is 7. The van der Waals surface area contributed by atoms with Crippen LogP contribution in [0.4, 0.5) is 11.6 Å². The molecule has 0 atom stereocenters. The number of nitrogens with one attached hydrogen (secondary N) is 1. The lowest BCUT2D eigenvalue weighted by molar-refractivity contribution is -0.0799. The van der Waals surface area contributed by atoms with E-state index in [2.05, 4.69) is 20.0 Å². The maximum atomic E-state index is 5.99. The van der Waals surface area contributed by atoms with Gasteiger partial charge < -0.3 is 19.5 Å². The van der Waals surface area contributed by atoms with Gasteiger partial charge in [-0.15, -0.1) is 0 Å². The second kappa shape index (κ2) is 7.37. The van der Waals surface area contributed by atoms with Crippen LogP contribution in [0.3, 0.4) is 0 Å². The van der Waals surface area contributed by atoms with Crippen molar-refractivity contribution < 1.29 is 14.2 Å². The fraction of sp³-hybridized carbons (Fsp3) is 0.450. The number of nitrogens with zero attached hydrogens (tertiary/aromatic N) is 4. The molecule has 0 radical (unpaired) electrons. The third-order valence-electron chi connectivity index (χ3n) is 5.25. The van der Waals surface area contributed by atoms with E-state index in [1.807, 2.05) is 31.5 Å². The van der Waals surface area contributed by atoms with Gasteiger partial charge in [0.1, 0.15) is 17.7 Å². The number of pyridine rings is 2. The molecule has 2 fully saturated rings. The lowest BCUT2D eigenvalue weighted by Gasteiger charge is -2.27. The molecule has 8 heteroatoms. The van der Waals surface area contributed by atoms with Gasteiger partial charge in [-0.25, -0.2) is 4.98 Å². The number of fused-ring (bicyclic) bond motifs is 1. The fourth-order valence-corrected chi connectivity index (χ4v) is 3.57. The van der Waals surface area contributed by atoms with Crippen molar-refractivity contribution in [1.29, 1.82) is 0 Å². The molecule has 2 aliphatic heterocycles. The minimum absolute atomic E-state index is 0.117. The lowest BCUT2D eigenvalue weighted by Crippen LogP contribution is -2.38. The number of anilines is 2. The monoisotopic (exact) mass is 381 g/mol. The molecule has 5 heterocycles. The maximum absolute atomic E-state index is 5.99. The molecule has 2 aliphatic rings. The predicted octanol–water partition coefficient (Wildman–Crippen LogP) is 3.01. The predicted molar refractivity (Wildman–Crippen MR) is 104 cm³/mol. The normalized spacial score (nSPS) is 18.2. The number of aryl methyl sites for hydroxylation is 1. The Kier molecular flexibility index (Phi) is 4.58. The van der Waals surface area contributed by atoms with Crippen LogP contribution in [-0.2, 0) is 9.47 Å². The standard InChI is InChI=1S/C20H23N5O3/c1-13-9-22-19(8-18(13)28-15-11-27-12-15)23-20-16-10-21-5-2-17(16)25(24-20)14-3-6-26-7-4-14/h2,5,8-10,14-15H,3-4,6-7,11-12H2,1H3,(H,22,23,24). The van der Waals surface area contributed by atoms with Crippen molar-refractivity contribution in [2.45, 2.75) is 31.9 Å². The van der Waals surface area contributed by atoms with Crippen molar-refractivity contribution >= 4 is 22.5 Å². The number of hydrogen-bond donors (Lipinski definition) is 1. The summed E-state index contributed by atoms with van der Waals surface area (Å²) in [5.41, 5.74) is 2.07. The van der Waals surface area contributed by atoms with Crippen molar-refractivity contribution in [3.8, 4) is 5.75 Å². The van der Waals surface area contributed by atoms with E-state index in [9.17, 15) is 0 Å². The molecule has 1 N–H and O–H groups in total. The Balaban J connectivity index is 1.45. The largest absolute Gasteiger partial charge is 0.485 e. The van der Waals surface area contributed by atoms with E-state index in [0.29, 0.717) is 25.1 Å². The Hall–Kier alpha value is -2.71. The van der Waals surface area contributed by atoms with Crippen LogP contribution < -0.4 is 10.1 Å². The van der Waals surface area contributed by atoms with Gasteiger partial charge in [0.2, 0.25) is 0 Å². The van der Waals surface area contributed by atoms with Crippen LogP contribution in [0, 0.1) is 6.92 Å². The molecular formula is C20H23N5O3. The van der Waals surface area contributed by atoms with E-state index in [4.69, 9.17) is 19.3 Å². The molecule has 0 unspecified atom stereocenters. The van der Waals surface area contributed by atoms with E-state index in [0.717, 1.165) is 54.1 Å². The van der Waals surface area contributed by atoms with Crippen LogP contribution >= 0.6 is 0 Å². The second-order valence-corrected chi connectivity index (χ2v) is 7.27. The first kappa shape index (κ1) is 17.4. The first-order chi connectivity index (χ1) is 13.8. The molecule has 3 aromatic heterocycles. The van der Waals surface area contributed by atoms with Crippen molar-refractivity contribution in [1.82, 2.24) is 19.7 Å². The first-order valence-electron chi connectivity index (χ1n) is 9.66. The van der Waals surface area contributed by atoms with E-state index in [1.165, 1.54) is 0 Å². The molecule has 0 spiro atoms. The van der Waals surface area contributed by atoms with Gasteiger partial charge in [0, 0.05) is 43.4 Å². The van der Waals surface area contributed by atoms with Gasteiger partial charge in [-0.3, -0.25) is 9.67 Å². The molecule has 0 aromatic carbocycles. The molecule has 8 nitrogen and oxygen atoms in total. The zero-order valence-electron chi connectivity index (χ0n) is 15.8. The summed E-state index contributed by atoms with van der Waals surface area (Å²) in [6.45, 7) is 4.80. The third kappa shape index (κ3) is 3.29. The van der Waals surface area contributed by atoms with E-state index >= 15 is 0 Å². The van der Waals surface area contributed by atoms with Crippen LogP contribution in [0.25, 0.3) is 10.9 Å². The van der Waals surface area contributed by atoms with Gasteiger partial charge in [-0.05, 0) is 25.8 Å². The highest BCUT2D eigenvalue weighted by Gasteiger charge is 2.23. The Morgan fingerprint density at radius 2 is 2.04 bits per heavy atom. The van der Waals surface area contributed by atoms with Crippen LogP contribution in [0.15, 0.2) is 30.7 Å². The summed E-state index contributed by atoms with van der Waals surface area (Å²) in [6, 6.07) is 4.26. The smallest absolute Gasteiger partial charge is 0.163 e. The zero-order chi connectivity index (χ0) is 18.9. The molecule has 0 saturated carbocycles. The summed E-state index contributed by atoms with van der Waals surface area (Å²) < 4.78 is 18.8. The summed E-state index contributed by atoms with van der Waals surface area (Å²) in [7, 11) is 0. The topological polar surface area (TPSA) is 83.3 Å². The average Bonchev–Trinajstić information content (AvgIpc) is 3.06. The van der Waals surface area contributed by atoms with Crippen LogP contribution in [-0.4, -0.2) is 52.3 Å². The first-order valence-corrected chi connectivity index (χ1v) is 9.66. The van der Waals surface area contributed by atoms with E-state index < -0.39 is 0 Å². The maximum Gasteiger partial charge on any atom is 0.163 e.